The molecule has 59 heavy (non-hydrogen) atoms. The van der Waals surface area contributed by atoms with Gasteiger partial charge in [0, 0.05) is 34.8 Å². The number of methoxy groups -OCH3 is 2. The van der Waals surface area contributed by atoms with Crippen molar-refractivity contribution in [2.24, 2.45) is 23.7 Å². The highest BCUT2D eigenvalue weighted by atomic mass is 35.5. The number of alkyl halides is 3. The van der Waals surface area contributed by atoms with E-state index in [-0.39, 0.29) is 52.5 Å². The molecule has 4 aromatic rings. The second-order valence-corrected chi connectivity index (χ2v) is 15.4. The number of fused-ring (bicyclic) bond motifs is 4. The van der Waals surface area contributed by atoms with Crippen LogP contribution in [0.2, 0.25) is 10.0 Å². The first-order chi connectivity index (χ1) is 28.0. The lowest BCUT2D eigenvalue weighted by atomic mass is 9.49. The van der Waals surface area contributed by atoms with E-state index in [0.29, 0.717) is 27.9 Å². The van der Waals surface area contributed by atoms with Gasteiger partial charge in [-0.15, -0.1) is 0 Å². The number of carbonyl (C=O) groups is 5. The van der Waals surface area contributed by atoms with Crippen molar-refractivity contribution in [2.75, 3.05) is 24.5 Å². The number of ether oxygens (including phenoxy) is 2. The summed E-state index contributed by atoms with van der Waals surface area (Å²) in [5.41, 5.74) is 0.322. The average molecular weight is 852 g/mol. The summed E-state index contributed by atoms with van der Waals surface area (Å²) in [6.45, 7) is 0. The molecule has 8 rings (SSSR count). The van der Waals surface area contributed by atoms with E-state index in [1.54, 1.807) is 18.2 Å². The summed E-state index contributed by atoms with van der Waals surface area (Å²) in [4.78, 5) is 75.9. The van der Waals surface area contributed by atoms with Crippen molar-refractivity contribution in [3.05, 3.63) is 117 Å². The van der Waals surface area contributed by atoms with E-state index in [4.69, 9.17) is 32.7 Å². The molecule has 3 heterocycles. The van der Waals surface area contributed by atoms with Crippen LogP contribution in [0, 0.1) is 23.7 Å². The number of benzene rings is 3. The number of imide groups is 2. The summed E-state index contributed by atoms with van der Waals surface area (Å²) in [6.07, 6.45) is -2.73. The zero-order chi connectivity index (χ0) is 42.3. The van der Waals surface area contributed by atoms with Crippen LogP contribution in [0.25, 0.3) is 0 Å². The largest absolute Gasteiger partial charge is 0.508 e. The number of amides is 4. The number of aromatic carboxylic acids is 1. The SMILES string of the molecule is COc1cc(O)cc(OC)c1[C@H]1C2=CC[C@@H]3C(=O)N(c4cccc(C(=O)O)c4)C(=O)[C@@H]3[C@@H]2C[C@H]2C(=O)N(Nc3ncc(C(F)(F)F)cc3Cl)C(=O)[C@@]12c1ccc(Cl)cc1. The van der Waals surface area contributed by atoms with E-state index in [1.165, 1.54) is 62.8 Å². The highest BCUT2D eigenvalue weighted by Gasteiger charge is 2.71. The third-order valence-corrected chi connectivity index (χ3v) is 12.3. The number of phenols is 1. The number of pyridine rings is 1. The van der Waals surface area contributed by atoms with Crippen LogP contribution in [-0.4, -0.2) is 64.0 Å². The lowest BCUT2D eigenvalue weighted by molar-refractivity contribution is -0.139. The second-order valence-electron chi connectivity index (χ2n) is 14.5. The molecule has 13 nitrogen and oxygen atoms in total. The van der Waals surface area contributed by atoms with Crippen molar-refractivity contribution < 1.29 is 56.8 Å². The summed E-state index contributed by atoms with van der Waals surface area (Å²) in [5.74, 6) is -10.3. The van der Waals surface area contributed by atoms with Crippen molar-refractivity contribution in [2.45, 2.75) is 30.4 Å². The number of anilines is 2. The number of aromatic hydroxyl groups is 1. The van der Waals surface area contributed by atoms with E-state index in [2.05, 4.69) is 10.4 Å². The van der Waals surface area contributed by atoms with E-state index in [9.17, 15) is 37.8 Å². The molecule has 2 saturated heterocycles. The number of nitrogens with zero attached hydrogens (tertiary/aromatic N) is 3. The zero-order valence-corrected chi connectivity index (χ0v) is 32.3. The summed E-state index contributed by atoms with van der Waals surface area (Å²) >= 11 is 12.6. The normalized spacial score (nSPS) is 25.0. The average Bonchev–Trinajstić information content (AvgIpc) is 3.58. The Balaban J connectivity index is 1.35. The fourth-order valence-electron chi connectivity index (χ4n) is 9.34. The summed E-state index contributed by atoms with van der Waals surface area (Å²) in [5, 5.41) is 20.8. The second kappa shape index (κ2) is 14.3. The molecule has 2 aliphatic heterocycles. The maximum atomic E-state index is 15.5. The van der Waals surface area contributed by atoms with Crippen molar-refractivity contribution >= 4 is 64.3 Å². The lowest BCUT2D eigenvalue weighted by Gasteiger charge is -2.51. The number of hydrogen-bond acceptors (Lipinski definition) is 10. The standard InChI is InChI=1S/C41H31Cl2F3N4O9/c1-58-29-14-23(51)15-30(59-2)32(29)33-24-10-11-25-31(37(54)49(35(25)52)22-5-3-4-18(12-22)38(55)56)26(24)16-27-36(53)50(39(57)40(27,33)19-6-8-21(42)9-7-19)48-34-28(43)13-20(17-47-34)41(44,45)46/h3-10,12-15,17,25-27,31,33,51H,11,16H2,1-2H3,(H,47,48)(H,55,56)/t25-,26+,27-,31-,33+,40+/m0/s1. The number of phenolic OH excluding ortho intramolecular Hbond substituents is 1. The van der Waals surface area contributed by atoms with E-state index in [0.717, 1.165) is 4.90 Å². The van der Waals surface area contributed by atoms with Crippen LogP contribution in [0.15, 0.2) is 84.6 Å². The molecule has 6 atom stereocenters. The molecule has 1 aromatic heterocycles. The van der Waals surface area contributed by atoms with Gasteiger partial charge in [-0.3, -0.25) is 29.5 Å². The van der Waals surface area contributed by atoms with Crippen LogP contribution in [0.1, 0.15) is 45.8 Å². The van der Waals surface area contributed by atoms with Crippen LogP contribution in [0.3, 0.4) is 0 Å². The fourth-order valence-corrected chi connectivity index (χ4v) is 9.67. The molecule has 0 unspecified atom stereocenters. The molecule has 304 valence electrons. The molecule has 2 aliphatic carbocycles. The molecular formula is C41H31Cl2F3N4O9. The molecule has 3 aromatic carbocycles. The first-order valence-corrected chi connectivity index (χ1v) is 18.8. The first kappa shape index (κ1) is 39.7. The minimum atomic E-state index is -4.80. The van der Waals surface area contributed by atoms with Gasteiger partial charge >= 0.3 is 12.1 Å². The monoisotopic (exact) mass is 850 g/mol. The number of aromatic nitrogens is 1. The van der Waals surface area contributed by atoms with Gasteiger partial charge in [0.25, 0.3) is 11.8 Å². The van der Waals surface area contributed by atoms with Gasteiger partial charge in [-0.05, 0) is 60.7 Å². The number of halogens is 5. The Morgan fingerprint density at radius 2 is 1.61 bits per heavy atom. The first-order valence-electron chi connectivity index (χ1n) is 18.0. The predicted molar refractivity (Wildman–Crippen MR) is 204 cm³/mol. The number of rotatable bonds is 8. The van der Waals surface area contributed by atoms with Gasteiger partial charge in [0.15, 0.2) is 5.82 Å². The van der Waals surface area contributed by atoms with Crippen molar-refractivity contribution in [3.63, 3.8) is 0 Å². The Bertz CT molecular complexity index is 2490. The third kappa shape index (κ3) is 6.06. The van der Waals surface area contributed by atoms with Gasteiger partial charge in [-0.2, -0.15) is 18.2 Å². The van der Waals surface area contributed by atoms with Gasteiger partial charge in [-0.1, -0.05) is 53.1 Å². The van der Waals surface area contributed by atoms with Crippen molar-refractivity contribution in [1.82, 2.24) is 9.99 Å². The molecule has 0 radical (unpaired) electrons. The Hall–Kier alpha value is -6.13. The van der Waals surface area contributed by atoms with Crippen LogP contribution in [0.4, 0.5) is 24.7 Å². The van der Waals surface area contributed by atoms with Crippen LogP contribution < -0.4 is 19.8 Å². The Labute approximate surface area is 342 Å². The number of nitrogens with one attached hydrogen (secondary N) is 1. The number of carboxylic acids is 1. The number of carboxylic acid groups (broad SMARTS) is 1. The summed E-state index contributed by atoms with van der Waals surface area (Å²) in [7, 11) is 2.65. The Morgan fingerprint density at radius 3 is 2.22 bits per heavy atom. The lowest BCUT2D eigenvalue weighted by Crippen LogP contribution is -2.53. The van der Waals surface area contributed by atoms with Gasteiger partial charge in [0.2, 0.25) is 11.8 Å². The number of hydrogen-bond donors (Lipinski definition) is 3. The topological polar surface area (TPSA) is 176 Å². The fraction of sp³-hybridized carbons (Fsp3) is 0.268. The van der Waals surface area contributed by atoms with Crippen LogP contribution in [-0.2, 0) is 30.8 Å². The van der Waals surface area contributed by atoms with Crippen molar-refractivity contribution in [1.29, 1.82) is 0 Å². The number of carbonyl (C=O) groups excluding carboxylic acids is 4. The molecule has 18 heteroatoms. The maximum absolute atomic E-state index is 15.5. The quantitative estimate of drug-likeness (QED) is 0.123. The number of hydrazine groups is 1. The zero-order valence-electron chi connectivity index (χ0n) is 30.8. The Morgan fingerprint density at radius 1 is 0.932 bits per heavy atom. The van der Waals surface area contributed by atoms with Gasteiger partial charge in [-0.25, -0.2) is 9.78 Å². The van der Waals surface area contributed by atoms with E-state index >= 15 is 9.59 Å². The van der Waals surface area contributed by atoms with E-state index in [1.807, 2.05) is 0 Å². The molecule has 0 bridgehead atoms. The van der Waals surface area contributed by atoms with Crippen molar-refractivity contribution in [3.8, 4) is 17.2 Å². The predicted octanol–water partition coefficient (Wildman–Crippen LogP) is 7.02. The third-order valence-electron chi connectivity index (χ3n) is 11.7. The molecule has 4 aliphatic rings. The highest BCUT2D eigenvalue weighted by Crippen LogP contribution is 2.66. The van der Waals surface area contributed by atoms with Crippen LogP contribution in [0.5, 0.6) is 17.2 Å². The molecule has 4 amide bonds. The van der Waals surface area contributed by atoms with Gasteiger partial charge in [0.1, 0.15) is 17.2 Å². The summed E-state index contributed by atoms with van der Waals surface area (Å²) < 4.78 is 52.3. The van der Waals surface area contributed by atoms with Gasteiger partial charge in [0.05, 0.1) is 59.2 Å². The van der Waals surface area contributed by atoms with Gasteiger partial charge < -0.3 is 19.7 Å². The summed E-state index contributed by atoms with van der Waals surface area (Å²) in [6, 6.07) is 14.7. The molecule has 0 spiro atoms. The minimum Gasteiger partial charge on any atom is -0.508 e. The molecular weight excluding hydrogens is 820 g/mol. The molecule has 3 fully saturated rings. The number of allylic oxidation sites excluding steroid dienone is 2. The maximum Gasteiger partial charge on any atom is 0.417 e. The minimum absolute atomic E-state index is 0.00591. The molecule has 1 saturated carbocycles. The molecule has 3 N–H and O–H groups in total. The van der Waals surface area contributed by atoms with Crippen LogP contribution >= 0.6 is 23.2 Å². The van der Waals surface area contributed by atoms with E-state index < -0.39 is 87.2 Å². The Kier molecular flexibility index (Phi) is 9.62. The highest BCUT2D eigenvalue weighted by molar-refractivity contribution is 6.33. The smallest absolute Gasteiger partial charge is 0.417 e.